The van der Waals surface area contributed by atoms with Gasteiger partial charge in [0.2, 0.25) is 0 Å². The highest BCUT2D eigenvalue weighted by atomic mass is 16.1. The molecule has 0 spiro atoms. The second-order valence-electron chi connectivity index (χ2n) is 3.87. The van der Waals surface area contributed by atoms with Gasteiger partial charge in [-0.25, -0.2) is 0 Å². The molecule has 0 heterocycles. The number of carbonyl (C=O) groups excluding carboxylic acids is 1. The molecule has 14 heavy (non-hydrogen) atoms. The summed E-state index contributed by atoms with van der Waals surface area (Å²) in [5.74, 6) is 0.127. The Morgan fingerprint density at radius 3 is 2.14 bits per heavy atom. The zero-order chi connectivity index (χ0) is 10.8. The monoisotopic (exact) mass is 187 g/mol. The first kappa shape index (κ1) is 10.5. The summed E-state index contributed by atoms with van der Waals surface area (Å²) in [6.07, 6.45) is 0. The van der Waals surface area contributed by atoms with E-state index in [0.717, 1.165) is 5.56 Å². The first-order valence-corrected chi connectivity index (χ1v) is 4.50. The zero-order valence-electron chi connectivity index (χ0n) is 8.66. The fourth-order valence-electron chi connectivity index (χ4n) is 1.16. The molecule has 0 aromatic heterocycles. The van der Waals surface area contributed by atoms with E-state index >= 15 is 0 Å². The highest BCUT2D eigenvalue weighted by Crippen LogP contribution is 2.24. The van der Waals surface area contributed by atoms with E-state index in [4.69, 9.17) is 5.26 Å². The average Bonchev–Trinajstić information content (AvgIpc) is 2.17. The van der Waals surface area contributed by atoms with Crippen LogP contribution in [0, 0.1) is 11.3 Å². The number of rotatable bonds is 2. The molecule has 1 aromatic rings. The molecule has 0 atom stereocenters. The number of carbonyl (C=O) groups is 1. The van der Waals surface area contributed by atoms with Crippen molar-refractivity contribution >= 4 is 5.78 Å². The van der Waals surface area contributed by atoms with E-state index in [-0.39, 0.29) is 5.78 Å². The number of benzene rings is 1. The molecule has 0 bridgehead atoms. The van der Waals surface area contributed by atoms with Gasteiger partial charge in [0.1, 0.15) is 5.78 Å². The zero-order valence-corrected chi connectivity index (χ0v) is 8.66. The van der Waals surface area contributed by atoms with Gasteiger partial charge in [-0.05, 0) is 38.5 Å². The van der Waals surface area contributed by atoms with Gasteiger partial charge in [-0.2, -0.15) is 5.26 Å². The second-order valence-corrected chi connectivity index (χ2v) is 3.87. The van der Waals surface area contributed by atoms with Crippen LogP contribution < -0.4 is 0 Å². The fraction of sp³-hybridized carbons (Fsp3) is 0.333. The van der Waals surface area contributed by atoms with Gasteiger partial charge in [0.15, 0.2) is 0 Å². The number of nitriles is 1. The lowest BCUT2D eigenvalue weighted by Gasteiger charge is -2.21. The van der Waals surface area contributed by atoms with E-state index in [0.29, 0.717) is 5.56 Å². The number of nitrogens with zero attached hydrogens (tertiary/aromatic N) is 1. The van der Waals surface area contributed by atoms with E-state index in [2.05, 4.69) is 0 Å². The van der Waals surface area contributed by atoms with Crippen molar-refractivity contribution in [2.24, 2.45) is 0 Å². The molecule has 0 aliphatic heterocycles. The molecular weight excluding hydrogens is 174 g/mol. The Hall–Kier alpha value is -1.62. The van der Waals surface area contributed by atoms with Gasteiger partial charge in [-0.1, -0.05) is 12.1 Å². The first-order chi connectivity index (χ1) is 6.48. The first-order valence-electron chi connectivity index (χ1n) is 4.50. The predicted molar refractivity (Wildman–Crippen MR) is 54.9 cm³/mol. The van der Waals surface area contributed by atoms with E-state index in [1.54, 1.807) is 19.1 Å². The van der Waals surface area contributed by atoms with E-state index in [1.807, 2.05) is 32.0 Å². The molecule has 0 amide bonds. The van der Waals surface area contributed by atoms with Crippen LogP contribution in [0.2, 0.25) is 0 Å². The van der Waals surface area contributed by atoms with Gasteiger partial charge in [-0.3, -0.25) is 4.79 Å². The molecule has 0 aliphatic rings. The van der Waals surface area contributed by atoms with Gasteiger partial charge >= 0.3 is 0 Å². The largest absolute Gasteiger partial charge is 0.299 e. The van der Waals surface area contributed by atoms with Crippen molar-refractivity contribution in [1.82, 2.24) is 0 Å². The van der Waals surface area contributed by atoms with Crippen molar-refractivity contribution in [3.8, 4) is 6.07 Å². The molecule has 0 aliphatic carbocycles. The Balaban J connectivity index is 3.10. The molecule has 2 heteroatoms. The maximum Gasteiger partial charge on any atom is 0.139 e. The highest BCUT2D eigenvalue weighted by molar-refractivity contribution is 5.87. The molecule has 0 saturated heterocycles. The summed E-state index contributed by atoms with van der Waals surface area (Å²) in [6.45, 7) is 5.35. The van der Waals surface area contributed by atoms with Crippen molar-refractivity contribution in [3.05, 3.63) is 35.4 Å². The maximum absolute atomic E-state index is 11.4. The van der Waals surface area contributed by atoms with E-state index < -0.39 is 5.41 Å². The third-order valence-corrected chi connectivity index (χ3v) is 2.62. The van der Waals surface area contributed by atoms with Crippen molar-refractivity contribution in [1.29, 1.82) is 5.26 Å². The van der Waals surface area contributed by atoms with Crippen LogP contribution in [0.25, 0.3) is 0 Å². The molecule has 2 nitrogen and oxygen atoms in total. The van der Waals surface area contributed by atoms with Crippen molar-refractivity contribution in [3.63, 3.8) is 0 Å². The van der Waals surface area contributed by atoms with Crippen LogP contribution in [0.1, 0.15) is 31.9 Å². The minimum absolute atomic E-state index is 0.127. The number of Topliss-reactive ketones (excluding diaryl/α,β-unsaturated/α-hetero) is 1. The molecule has 72 valence electrons. The van der Waals surface area contributed by atoms with Gasteiger partial charge in [0.05, 0.1) is 11.6 Å². The number of hydrogen-bond acceptors (Lipinski definition) is 2. The normalized spacial score (nSPS) is 10.7. The lowest BCUT2D eigenvalue weighted by atomic mass is 9.81. The summed E-state index contributed by atoms with van der Waals surface area (Å²) in [5, 5.41) is 8.62. The second kappa shape index (κ2) is 3.63. The van der Waals surface area contributed by atoms with Crippen LogP contribution in [0.15, 0.2) is 24.3 Å². The Kier molecular flexibility index (Phi) is 2.71. The highest BCUT2D eigenvalue weighted by Gasteiger charge is 2.25. The standard InChI is InChI=1S/C12H13NO/c1-9(14)12(2,3)11-6-4-10(8-13)5-7-11/h4-7H,1-3H3. The lowest BCUT2D eigenvalue weighted by molar-refractivity contribution is -0.121. The molecular formula is C12H13NO. The SMILES string of the molecule is CC(=O)C(C)(C)c1ccc(C#N)cc1. The molecule has 0 radical (unpaired) electrons. The van der Waals surface area contributed by atoms with Gasteiger partial charge < -0.3 is 0 Å². The molecule has 1 rings (SSSR count). The quantitative estimate of drug-likeness (QED) is 0.713. The van der Waals surface area contributed by atoms with E-state index in [1.165, 1.54) is 0 Å². The van der Waals surface area contributed by atoms with Gasteiger partial charge in [-0.15, -0.1) is 0 Å². The average molecular weight is 187 g/mol. The third-order valence-electron chi connectivity index (χ3n) is 2.62. The van der Waals surface area contributed by atoms with Crippen molar-refractivity contribution < 1.29 is 4.79 Å². The van der Waals surface area contributed by atoms with Crippen LogP contribution in [0.3, 0.4) is 0 Å². The van der Waals surface area contributed by atoms with Crippen molar-refractivity contribution in [2.75, 3.05) is 0 Å². The minimum atomic E-state index is -0.464. The van der Waals surface area contributed by atoms with Crippen LogP contribution in [0.5, 0.6) is 0 Å². The van der Waals surface area contributed by atoms with E-state index in [9.17, 15) is 4.79 Å². The summed E-state index contributed by atoms with van der Waals surface area (Å²) < 4.78 is 0. The Morgan fingerprint density at radius 1 is 1.29 bits per heavy atom. The summed E-state index contributed by atoms with van der Waals surface area (Å²) in [4.78, 5) is 11.4. The summed E-state index contributed by atoms with van der Waals surface area (Å²) in [6, 6.07) is 9.19. The molecule has 1 aromatic carbocycles. The summed E-state index contributed by atoms with van der Waals surface area (Å²) >= 11 is 0. The van der Waals surface area contributed by atoms with Gasteiger partial charge in [0, 0.05) is 5.41 Å². The third kappa shape index (κ3) is 1.82. The Morgan fingerprint density at radius 2 is 1.79 bits per heavy atom. The number of hydrogen-bond donors (Lipinski definition) is 0. The van der Waals surface area contributed by atoms with Gasteiger partial charge in [0.25, 0.3) is 0 Å². The van der Waals surface area contributed by atoms with Crippen molar-refractivity contribution in [2.45, 2.75) is 26.2 Å². The Bertz CT molecular complexity index is 382. The van der Waals surface area contributed by atoms with Crippen LogP contribution in [-0.2, 0) is 10.2 Å². The predicted octanol–water partition coefficient (Wildman–Crippen LogP) is 2.42. The smallest absolute Gasteiger partial charge is 0.139 e. The minimum Gasteiger partial charge on any atom is -0.299 e. The molecule has 0 fully saturated rings. The lowest BCUT2D eigenvalue weighted by Crippen LogP contribution is -2.26. The molecule has 0 unspecified atom stereocenters. The summed E-state index contributed by atoms with van der Waals surface area (Å²) in [5.41, 5.74) is 1.10. The molecule has 0 saturated carbocycles. The Labute approximate surface area is 84.2 Å². The number of ketones is 1. The maximum atomic E-state index is 11.4. The van der Waals surface area contributed by atoms with Crippen LogP contribution in [0.4, 0.5) is 0 Å². The van der Waals surface area contributed by atoms with Crippen LogP contribution in [-0.4, -0.2) is 5.78 Å². The van der Waals surface area contributed by atoms with Crippen LogP contribution >= 0.6 is 0 Å². The summed E-state index contributed by atoms with van der Waals surface area (Å²) in [7, 11) is 0. The molecule has 0 N–H and O–H groups in total. The topological polar surface area (TPSA) is 40.9 Å². The fourth-order valence-corrected chi connectivity index (χ4v) is 1.16.